The fourth-order valence-electron chi connectivity index (χ4n) is 5.19. The van der Waals surface area contributed by atoms with Crippen LogP contribution in [-0.4, -0.2) is 70.3 Å². The van der Waals surface area contributed by atoms with E-state index in [1.165, 1.54) is 0 Å². The Hall–Kier alpha value is -3.50. The molecule has 2 atom stereocenters. The summed E-state index contributed by atoms with van der Waals surface area (Å²) in [4.78, 5) is 67.0. The zero-order valence-electron chi connectivity index (χ0n) is 22.2. The first-order chi connectivity index (χ1) is 18.0. The summed E-state index contributed by atoms with van der Waals surface area (Å²) in [6, 6.07) is 2.80. The number of ether oxygens (including phenoxy) is 1. The highest BCUT2D eigenvalue weighted by molar-refractivity contribution is 6.03. The van der Waals surface area contributed by atoms with E-state index in [-0.39, 0.29) is 54.2 Å². The molecular formula is C27H37N5O6. The SMILES string of the molecule is CC(C)(C)OC(=O)[C@@H]1CCN(C(=O)C2CCC(Nc3ccc(C(=O)NC4CCC(=O)NC4=O)nc3)CC2)C1. The second-order valence-electron chi connectivity index (χ2n) is 11.4. The molecule has 0 spiro atoms. The Bertz CT molecular complexity index is 1070. The average molecular weight is 528 g/mol. The fourth-order valence-corrected chi connectivity index (χ4v) is 5.19. The van der Waals surface area contributed by atoms with Crippen molar-refractivity contribution >= 4 is 35.3 Å². The lowest BCUT2D eigenvalue weighted by Gasteiger charge is -2.31. The molecule has 38 heavy (non-hydrogen) atoms. The van der Waals surface area contributed by atoms with Crippen LogP contribution in [0.3, 0.4) is 0 Å². The molecule has 206 valence electrons. The number of imide groups is 1. The molecule has 2 aliphatic heterocycles. The number of anilines is 1. The molecule has 0 bridgehead atoms. The summed E-state index contributed by atoms with van der Waals surface area (Å²) in [5, 5.41) is 8.26. The standard InChI is InChI=1S/C27H37N5O6/c1-27(2,3)38-26(37)17-12-13-32(15-17)25(36)16-4-6-18(7-5-16)29-19-8-9-20(28-14-19)23(34)30-21-10-11-22(33)31-24(21)35/h8-9,14,16-18,21,29H,4-7,10-13,15H2,1-3H3,(H,30,34)(H,31,33,35)/t16?,17-,18?,21?/m1/s1. The van der Waals surface area contributed by atoms with Crippen LogP contribution in [-0.2, 0) is 23.9 Å². The molecule has 0 radical (unpaired) electrons. The lowest BCUT2D eigenvalue weighted by Crippen LogP contribution is -2.52. The van der Waals surface area contributed by atoms with E-state index in [4.69, 9.17) is 4.74 Å². The van der Waals surface area contributed by atoms with Gasteiger partial charge >= 0.3 is 5.97 Å². The van der Waals surface area contributed by atoms with Crippen molar-refractivity contribution in [2.24, 2.45) is 11.8 Å². The largest absolute Gasteiger partial charge is 0.460 e. The lowest BCUT2D eigenvalue weighted by atomic mass is 9.85. The maximum Gasteiger partial charge on any atom is 0.311 e. The van der Waals surface area contributed by atoms with Gasteiger partial charge < -0.3 is 20.3 Å². The van der Waals surface area contributed by atoms with Gasteiger partial charge in [0.05, 0.1) is 17.8 Å². The number of aromatic nitrogens is 1. The van der Waals surface area contributed by atoms with Gasteiger partial charge in [-0.05, 0) is 71.4 Å². The second-order valence-corrected chi connectivity index (χ2v) is 11.4. The molecule has 1 saturated carbocycles. The number of rotatable bonds is 6. The van der Waals surface area contributed by atoms with Crippen LogP contribution in [0.2, 0.25) is 0 Å². The van der Waals surface area contributed by atoms with Gasteiger partial charge in [-0.2, -0.15) is 0 Å². The summed E-state index contributed by atoms with van der Waals surface area (Å²) in [5.41, 5.74) is 0.430. The van der Waals surface area contributed by atoms with E-state index >= 15 is 0 Å². The molecular weight excluding hydrogens is 490 g/mol. The molecule has 2 saturated heterocycles. The summed E-state index contributed by atoms with van der Waals surface area (Å²) in [6.07, 6.45) is 5.88. The highest BCUT2D eigenvalue weighted by Crippen LogP contribution is 2.30. The minimum absolute atomic E-state index is 0.0399. The first-order valence-corrected chi connectivity index (χ1v) is 13.4. The highest BCUT2D eigenvalue weighted by atomic mass is 16.6. The second kappa shape index (κ2) is 11.5. The quantitative estimate of drug-likeness (QED) is 0.375. The Balaban J connectivity index is 1.20. The molecule has 4 rings (SSSR count). The van der Waals surface area contributed by atoms with Crippen LogP contribution >= 0.6 is 0 Å². The van der Waals surface area contributed by atoms with Gasteiger partial charge in [-0.1, -0.05) is 0 Å². The van der Waals surface area contributed by atoms with Crippen molar-refractivity contribution in [1.82, 2.24) is 20.5 Å². The Morgan fingerprint density at radius 2 is 1.76 bits per heavy atom. The molecule has 3 N–H and O–H groups in total. The molecule has 1 unspecified atom stereocenters. The smallest absolute Gasteiger partial charge is 0.311 e. The Kier molecular flexibility index (Phi) is 8.32. The molecule has 3 heterocycles. The van der Waals surface area contributed by atoms with Crippen LogP contribution in [0, 0.1) is 11.8 Å². The molecule has 11 nitrogen and oxygen atoms in total. The lowest BCUT2D eigenvalue weighted by molar-refractivity contribution is -0.159. The Morgan fingerprint density at radius 1 is 1.03 bits per heavy atom. The van der Waals surface area contributed by atoms with Crippen molar-refractivity contribution in [3.8, 4) is 0 Å². The van der Waals surface area contributed by atoms with Gasteiger partial charge in [0.1, 0.15) is 17.3 Å². The molecule has 3 aliphatic rings. The zero-order valence-corrected chi connectivity index (χ0v) is 22.2. The third-order valence-corrected chi connectivity index (χ3v) is 7.23. The van der Waals surface area contributed by atoms with Crippen molar-refractivity contribution < 1.29 is 28.7 Å². The van der Waals surface area contributed by atoms with Gasteiger partial charge in [-0.25, -0.2) is 4.98 Å². The maximum atomic E-state index is 13.1. The van der Waals surface area contributed by atoms with Crippen LogP contribution < -0.4 is 16.0 Å². The first-order valence-electron chi connectivity index (χ1n) is 13.4. The summed E-state index contributed by atoms with van der Waals surface area (Å²) in [5.74, 6) is -1.71. The number of hydrogen-bond acceptors (Lipinski definition) is 8. The van der Waals surface area contributed by atoms with E-state index in [9.17, 15) is 24.0 Å². The summed E-state index contributed by atoms with van der Waals surface area (Å²) in [7, 11) is 0. The highest BCUT2D eigenvalue weighted by Gasteiger charge is 2.37. The number of esters is 1. The predicted molar refractivity (Wildman–Crippen MR) is 138 cm³/mol. The van der Waals surface area contributed by atoms with E-state index in [2.05, 4.69) is 20.9 Å². The minimum Gasteiger partial charge on any atom is -0.460 e. The number of likely N-dealkylation sites (tertiary alicyclic amines) is 1. The number of nitrogens with one attached hydrogen (secondary N) is 3. The number of hydrogen-bond donors (Lipinski definition) is 3. The maximum absolute atomic E-state index is 13.1. The van der Waals surface area contributed by atoms with Crippen molar-refractivity contribution in [3.05, 3.63) is 24.0 Å². The van der Waals surface area contributed by atoms with E-state index in [1.54, 1.807) is 18.3 Å². The van der Waals surface area contributed by atoms with Crippen LogP contribution in [0.1, 0.15) is 76.2 Å². The topological polar surface area (TPSA) is 147 Å². The normalized spacial score (nSPS) is 25.9. The number of pyridine rings is 1. The van der Waals surface area contributed by atoms with Crippen molar-refractivity contribution in [2.75, 3.05) is 18.4 Å². The Morgan fingerprint density at radius 3 is 2.39 bits per heavy atom. The van der Waals surface area contributed by atoms with E-state index in [0.29, 0.717) is 19.5 Å². The number of amides is 4. The number of piperidine rings is 1. The van der Waals surface area contributed by atoms with Crippen LogP contribution in [0.4, 0.5) is 5.69 Å². The third-order valence-electron chi connectivity index (χ3n) is 7.23. The minimum atomic E-state index is -0.749. The van der Waals surface area contributed by atoms with Crippen LogP contribution in [0.15, 0.2) is 18.3 Å². The van der Waals surface area contributed by atoms with Gasteiger partial charge in [0.25, 0.3) is 5.91 Å². The van der Waals surface area contributed by atoms with E-state index < -0.39 is 23.5 Å². The number of carbonyl (C=O) groups excluding carboxylic acids is 5. The van der Waals surface area contributed by atoms with Gasteiger partial charge in [0, 0.05) is 31.5 Å². The summed E-state index contributed by atoms with van der Waals surface area (Å²) in [6.45, 7) is 6.57. The molecule has 4 amide bonds. The molecule has 1 aliphatic carbocycles. The molecule has 1 aromatic heterocycles. The summed E-state index contributed by atoms with van der Waals surface area (Å²) >= 11 is 0. The number of carbonyl (C=O) groups is 5. The molecule has 1 aromatic rings. The average Bonchev–Trinajstić information content (AvgIpc) is 3.36. The molecule has 11 heteroatoms. The molecule has 0 aromatic carbocycles. The van der Waals surface area contributed by atoms with E-state index in [0.717, 1.165) is 31.4 Å². The van der Waals surface area contributed by atoms with Crippen LogP contribution in [0.5, 0.6) is 0 Å². The Labute approximate surface area is 222 Å². The third kappa shape index (κ3) is 7.08. The van der Waals surface area contributed by atoms with Crippen molar-refractivity contribution in [1.29, 1.82) is 0 Å². The van der Waals surface area contributed by atoms with Gasteiger partial charge in [-0.15, -0.1) is 0 Å². The van der Waals surface area contributed by atoms with Crippen molar-refractivity contribution in [2.45, 2.75) is 83.4 Å². The van der Waals surface area contributed by atoms with Crippen molar-refractivity contribution in [3.63, 3.8) is 0 Å². The van der Waals surface area contributed by atoms with Crippen LogP contribution in [0.25, 0.3) is 0 Å². The fraction of sp³-hybridized carbons (Fsp3) is 0.630. The van der Waals surface area contributed by atoms with E-state index in [1.807, 2.05) is 25.7 Å². The van der Waals surface area contributed by atoms with Gasteiger partial charge in [-0.3, -0.25) is 29.3 Å². The monoisotopic (exact) mass is 527 g/mol. The summed E-state index contributed by atoms with van der Waals surface area (Å²) < 4.78 is 5.49. The molecule has 3 fully saturated rings. The predicted octanol–water partition coefficient (Wildman–Crippen LogP) is 1.78. The first kappa shape index (κ1) is 27.5. The zero-order chi connectivity index (χ0) is 27.4. The van der Waals surface area contributed by atoms with Gasteiger partial charge in [0.2, 0.25) is 17.7 Å². The number of nitrogens with zero attached hydrogens (tertiary/aromatic N) is 2. The van der Waals surface area contributed by atoms with Gasteiger partial charge in [0.15, 0.2) is 0 Å².